The van der Waals surface area contributed by atoms with Crippen molar-refractivity contribution in [2.45, 2.75) is 25.3 Å². The molecule has 0 radical (unpaired) electrons. The quantitative estimate of drug-likeness (QED) is 0.614. The van der Waals surface area contributed by atoms with Crippen molar-refractivity contribution in [3.63, 3.8) is 0 Å². The molecule has 2 heterocycles. The van der Waals surface area contributed by atoms with E-state index in [4.69, 9.17) is 9.72 Å². The lowest BCUT2D eigenvalue weighted by molar-refractivity contribution is -0.133. The van der Waals surface area contributed by atoms with Crippen LogP contribution < -0.4 is 4.74 Å². The van der Waals surface area contributed by atoms with Crippen molar-refractivity contribution < 1.29 is 9.53 Å². The second-order valence-corrected chi connectivity index (χ2v) is 8.78. The summed E-state index contributed by atoms with van der Waals surface area (Å²) in [6, 6.07) is 16.3. The second kappa shape index (κ2) is 8.93. The molecule has 0 bridgehead atoms. The first kappa shape index (κ1) is 19.9. The molecule has 1 aromatic heterocycles. The van der Waals surface area contributed by atoms with Crippen LogP contribution in [0.2, 0.25) is 0 Å². The van der Waals surface area contributed by atoms with Gasteiger partial charge >= 0.3 is 0 Å². The van der Waals surface area contributed by atoms with Crippen LogP contribution in [0.1, 0.15) is 29.3 Å². The van der Waals surface area contributed by atoms with Gasteiger partial charge in [-0.15, -0.1) is 11.3 Å². The maximum atomic E-state index is 12.9. The number of likely N-dealkylation sites (N-methyl/N-ethyl adjacent to an activating group) is 1. The van der Waals surface area contributed by atoms with E-state index < -0.39 is 0 Å². The van der Waals surface area contributed by atoms with Gasteiger partial charge in [-0.05, 0) is 49.7 Å². The number of nitrogens with zero attached hydrogens (tertiary/aromatic N) is 3. The molecule has 0 aliphatic carbocycles. The van der Waals surface area contributed by atoms with Crippen molar-refractivity contribution >= 4 is 27.5 Å². The Morgan fingerprint density at radius 2 is 2.14 bits per heavy atom. The van der Waals surface area contributed by atoms with Crippen LogP contribution in [0, 0.1) is 0 Å². The number of carbonyl (C=O) groups is 1. The van der Waals surface area contributed by atoms with E-state index in [-0.39, 0.29) is 5.91 Å². The molecule has 6 heteroatoms. The molecule has 0 saturated carbocycles. The van der Waals surface area contributed by atoms with E-state index >= 15 is 0 Å². The molecule has 5 nitrogen and oxygen atoms in total. The average Bonchev–Trinajstić information content (AvgIpc) is 3.18. The molecule has 1 amide bonds. The fraction of sp³-hybridized carbons (Fsp3) is 0.391. The predicted octanol–water partition coefficient (Wildman–Crippen LogP) is 4.14. The summed E-state index contributed by atoms with van der Waals surface area (Å²) in [5.41, 5.74) is 2.21. The van der Waals surface area contributed by atoms with Gasteiger partial charge in [0.15, 0.2) is 0 Å². The highest BCUT2D eigenvalue weighted by molar-refractivity contribution is 7.18. The van der Waals surface area contributed by atoms with Crippen LogP contribution in [0.25, 0.3) is 10.2 Å². The van der Waals surface area contributed by atoms with E-state index in [1.807, 2.05) is 36.2 Å². The Balaban J connectivity index is 1.36. The Morgan fingerprint density at radius 1 is 1.28 bits per heavy atom. The summed E-state index contributed by atoms with van der Waals surface area (Å²) in [4.78, 5) is 21.8. The lowest BCUT2D eigenvalue weighted by Gasteiger charge is -2.33. The molecular weight excluding hydrogens is 382 g/mol. The first-order valence-corrected chi connectivity index (χ1v) is 10.9. The van der Waals surface area contributed by atoms with E-state index in [0.29, 0.717) is 12.5 Å². The fourth-order valence-corrected chi connectivity index (χ4v) is 5.03. The minimum Gasteiger partial charge on any atom is -0.497 e. The lowest BCUT2D eigenvalue weighted by atomic mass is 9.98. The highest BCUT2D eigenvalue weighted by atomic mass is 32.1. The largest absolute Gasteiger partial charge is 0.497 e. The van der Waals surface area contributed by atoms with Gasteiger partial charge in [0.05, 0.1) is 28.9 Å². The number of para-hydroxylation sites is 1. The number of thiazole rings is 1. The summed E-state index contributed by atoms with van der Waals surface area (Å²) in [6.45, 7) is 2.75. The molecule has 1 aliphatic heterocycles. The molecule has 2 aromatic carbocycles. The van der Waals surface area contributed by atoms with Crippen LogP contribution in [0.5, 0.6) is 5.75 Å². The van der Waals surface area contributed by atoms with Crippen LogP contribution in [0.4, 0.5) is 0 Å². The molecular formula is C23H27N3O2S. The van der Waals surface area contributed by atoms with Crippen molar-refractivity contribution in [2.24, 2.45) is 0 Å². The zero-order chi connectivity index (χ0) is 20.2. The first-order valence-electron chi connectivity index (χ1n) is 10.1. The van der Waals surface area contributed by atoms with Gasteiger partial charge in [-0.1, -0.05) is 24.3 Å². The summed E-state index contributed by atoms with van der Waals surface area (Å²) in [7, 11) is 3.66. The number of hydrogen-bond acceptors (Lipinski definition) is 5. The third-order valence-corrected chi connectivity index (χ3v) is 6.62. The smallest absolute Gasteiger partial charge is 0.236 e. The molecule has 29 heavy (non-hydrogen) atoms. The van der Waals surface area contributed by atoms with E-state index in [1.54, 1.807) is 18.4 Å². The van der Waals surface area contributed by atoms with Gasteiger partial charge < -0.3 is 9.64 Å². The number of ether oxygens (including phenoxy) is 1. The molecule has 0 N–H and O–H groups in total. The Bertz CT molecular complexity index is 954. The van der Waals surface area contributed by atoms with E-state index in [0.717, 1.165) is 54.3 Å². The highest BCUT2D eigenvalue weighted by Crippen LogP contribution is 2.33. The molecule has 0 unspecified atom stereocenters. The molecule has 4 rings (SSSR count). The van der Waals surface area contributed by atoms with Gasteiger partial charge in [0.1, 0.15) is 5.75 Å². The number of piperidine rings is 1. The molecule has 1 saturated heterocycles. The maximum absolute atomic E-state index is 12.9. The molecule has 1 fully saturated rings. The van der Waals surface area contributed by atoms with Crippen molar-refractivity contribution in [3.8, 4) is 5.75 Å². The van der Waals surface area contributed by atoms with Gasteiger partial charge in [-0.3, -0.25) is 9.69 Å². The number of amides is 1. The topological polar surface area (TPSA) is 45.7 Å². The van der Waals surface area contributed by atoms with Crippen molar-refractivity contribution in [2.75, 3.05) is 33.8 Å². The lowest BCUT2D eigenvalue weighted by Crippen LogP contribution is -2.43. The fourth-order valence-electron chi connectivity index (χ4n) is 3.94. The second-order valence-electron chi connectivity index (χ2n) is 7.72. The number of likely N-dealkylation sites (tertiary alicyclic amines) is 1. The minimum absolute atomic E-state index is 0.196. The average molecular weight is 410 g/mol. The zero-order valence-corrected chi connectivity index (χ0v) is 17.8. The predicted molar refractivity (Wildman–Crippen MR) is 118 cm³/mol. The Kier molecular flexibility index (Phi) is 6.11. The van der Waals surface area contributed by atoms with Gasteiger partial charge in [0.25, 0.3) is 0 Å². The third kappa shape index (κ3) is 4.77. The molecule has 1 atom stereocenters. The number of rotatable bonds is 6. The monoisotopic (exact) mass is 409 g/mol. The Hall–Kier alpha value is -2.44. The zero-order valence-electron chi connectivity index (χ0n) is 17.0. The van der Waals surface area contributed by atoms with Crippen LogP contribution in [-0.4, -0.2) is 54.5 Å². The molecule has 3 aromatic rings. The van der Waals surface area contributed by atoms with Crippen LogP contribution in [-0.2, 0) is 11.3 Å². The maximum Gasteiger partial charge on any atom is 0.236 e. The summed E-state index contributed by atoms with van der Waals surface area (Å²) in [6.07, 6.45) is 2.13. The van der Waals surface area contributed by atoms with Crippen LogP contribution in [0.15, 0.2) is 48.5 Å². The van der Waals surface area contributed by atoms with Crippen molar-refractivity contribution in [1.82, 2.24) is 14.8 Å². The Morgan fingerprint density at radius 3 is 2.97 bits per heavy atom. The first-order chi connectivity index (χ1) is 14.1. The van der Waals surface area contributed by atoms with E-state index in [9.17, 15) is 4.79 Å². The standard InChI is InChI=1S/C23H27N3O2S/c1-25(14-17-7-5-9-19(13-17)28-2)16-22(27)26-12-6-8-18(15-26)23-24-20-10-3-4-11-21(20)29-23/h3-5,7,9-11,13,18H,6,8,12,14-16H2,1-2H3/t18-/m0/s1. The SMILES string of the molecule is COc1cccc(CN(C)CC(=O)N2CCC[C@H](c3nc4ccccc4s3)C2)c1. The summed E-state index contributed by atoms with van der Waals surface area (Å²) < 4.78 is 6.52. The van der Waals surface area contributed by atoms with Crippen LogP contribution in [0.3, 0.4) is 0 Å². The van der Waals surface area contributed by atoms with E-state index in [1.165, 1.54) is 4.70 Å². The van der Waals surface area contributed by atoms with Crippen molar-refractivity contribution in [1.29, 1.82) is 0 Å². The molecule has 0 spiro atoms. The van der Waals surface area contributed by atoms with Gasteiger partial charge in [-0.25, -0.2) is 4.98 Å². The van der Waals surface area contributed by atoms with E-state index in [2.05, 4.69) is 29.2 Å². The molecule has 1 aliphatic rings. The normalized spacial score (nSPS) is 17.1. The minimum atomic E-state index is 0.196. The van der Waals surface area contributed by atoms with Gasteiger partial charge in [0.2, 0.25) is 5.91 Å². The number of hydrogen-bond donors (Lipinski definition) is 0. The third-order valence-electron chi connectivity index (χ3n) is 5.43. The number of aromatic nitrogens is 1. The van der Waals surface area contributed by atoms with Crippen LogP contribution >= 0.6 is 11.3 Å². The number of benzene rings is 2. The van der Waals surface area contributed by atoms with Crippen molar-refractivity contribution in [3.05, 3.63) is 59.1 Å². The number of methoxy groups -OCH3 is 1. The van der Waals surface area contributed by atoms with Gasteiger partial charge in [-0.2, -0.15) is 0 Å². The van der Waals surface area contributed by atoms with Gasteiger partial charge in [0, 0.05) is 25.6 Å². The number of fused-ring (bicyclic) bond motifs is 1. The summed E-state index contributed by atoms with van der Waals surface area (Å²) in [5, 5.41) is 1.16. The summed E-state index contributed by atoms with van der Waals surface area (Å²) in [5.74, 6) is 1.38. The highest BCUT2D eigenvalue weighted by Gasteiger charge is 2.27. The summed E-state index contributed by atoms with van der Waals surface area (Å²) >= 11 is 1.77. The Labute approximate surface area is 175 Å². The number of carbonyl (C=O) groups excluding carboxylic acids is 1. The molecule has 152 valence electrons.